The zero-order valence-corrected chi connectivity index (χ0v) is 19.9. The lowest BCUT2D eigenvalue weighted by atomic mass is 10.0. The molecule has 0 aliphatic carbocycles. The van der Waals surface area contributed by atoms with Gasteiger partial charge in [-0.05, 0) is 48.9 Å². The largest absolute Gasteiger partial charge is 0.493 e. The monoisotopic (exact) mass is 435 g/mol. The van der Waals surface area contributed by atoms with Crippen molar-refractivity contribution in [2.24, 2.45) is 5.92 Å². The van der Waals surface area contributed by atoms with Gasteiger partial charge in [0.2, 0.25) is 5.91 Å². The Morgan fingerprint density at radius 3 is 2.53 bits per heavy atom. The summed E-state index contributed by atoms with van der Waals surface area (Å²) >= 11 is 0. The average molecular weight is 436 g/mol. The minimum atomic E-state index is 0.0969. The van der Waals surface area contributed by atoms with Crippen molar-refractivity contribution in [3.05, 3.63) is 59.9 Å². The highest BCUT2D eigenvalue weighted by atomic mass is 16.5. The number of carbonyl (C=O) groups is 1. The molecule has 2 aromatic carbocycles. The van der Waals surface area contributed by atoms with Gasteiger partial charge in [-0.1, -0.05) is 58.0 Å². The number of para-hydroxylation sites is 3. The van der Waals surface area contributed by atoms with E-state index in [-0.39, 0.29) is 11.8 Å². The lowest BCUT2D eigenvalue weighted by Gasteiger charge is -2.15. The first kappa shape index (κ1) is 23.8. The van der Waals surface area contributed by atoms with E-state index in [4.69, 9.17) is 9.72 Å². The molecular weight excluding hydrogens is 398 g/mol. The second kappa shape index (κ2) is 11.7. The maximum Gasteiger partial charge on any atom is 0.223 e. The Morgan fingerprint density at radius 1 is 1.06 bits per heavy atom. The van der Waals surface area contributed by atoms with Crippen LogP contribution in [-0.2, 0) is 17.8 Å². The number of nitrogens with one attached hydrogen (secondary N) is 1. The zero-order valence-electron chi connectivity index (χ0n) is 19.9. The van der Waals surface area contributed by atoms with Gasteiger partial charge in [0.05, 0.1) is 17.6 Å². The average Bonchev–Trinajstić information content (AvgIpc) is 3.15. The number of hydrogen-bond donors (Lipinski definition) is 1. The number of benzene rings is 2. The number of aromatic nitrogens is 2. The summed E-state index contributed by atoms with van der Waals surface area (Å²) < 4.78 is 8.40. The third-order valence-corrected chi connectivity index (χ3v) is 6.06. The number of hydrogen-bond acceptors (Lipinski definition) is 3. The first-order chi connectivity index (χ1) is 15.5. The van der Waals surface area contributed by atoms with E-state index in [9.17, 15) is 4.79 Å². The maximum atomic E-state index is 12.3. The molecule has 5 heteroatoms. The van der Waals surface area contributed by atoms with Crippen LogP contribution in [-0.4, -0.2) is 28.6 Å². The second-order valence-electron chi connectivity index (χ2n) is 8.62. The molecule has 0 radical (unpaired) electrons. The highest BCUT2D eigenvalue weighted by Gasteiger charge is 2.15. The number of nitrogens with zero attached hydrogens (tertiary/aromatic N) is 2. The summed E-state index contributed by atoms with van der Waals surface area (Å²) in [5.74, 6) is 2.67. The topological polar surface area (TPSA) is 56.2 Å². The Bertz CT molecular complexity index is 1010. The first-order valence-corrected chi connectivity index (χ1v) is 12.0. The molecule has 0 bridgehead atoms. The van der Waals surface area contributed by atoms with Crippen LogP contribution in [0.3, 0.4) is 0 Å². The molecule has 0 saturated heterocycles. The molecule has 0 aliphatic rings. The number of ether oxygens (including phenoxy) is 1. The van der Waals surface area contributed by atoms with Gasteiger partial charge in [-0.25, -0.2) is 4.98 Å². The van der Waals surface area contributed by atoms with Crippen LogP contribution in [0.1, 0.15) is 64.3 Å². The summed E-state index contributed by atoms with van der Waals surface area (Å²) in [6.45, 7) is 10.6. The van der Waals surface area contributed by atoms with E-state index in [1.807, 2.05) is 18.2 Å². The summed E-state index contributed by atoms with van der Waals surface area (Å²) in [6, 6.07) is 16.5. The lowest BCUT2D eigenvalue weighted by molar-refractivity contribution is -0.125. The molecule has 172 valence electrons. The van der Waals surface area contributed by atoms with Crippen molar-refractivity contribution in [1.82, 2.24) is 14.9 Å². The Morgan fingerprint density at radius 2 is 1.78 bits per heavy atom. The first-order valence-electron chi connectivity index (χ1n) is 12.0. The van der Waals surface area contributed by atoms with Crippen molar-refractivity contribution < 1.29 is 9.53 Å². The van der Waals surface area contributed by atoms with Gasteiger partial charge in [0, 0.05) is 25.4 Å². The molecule has 1 heterocycles. The Hall–Kier alpha value is -2.82. The number of imidazole rings is 1. The molecule has 5 nitrogen and oxygen atoms in total. The molecule has 3 aromatic rings. The van der Waals surface area contributed by atoms with Crippen LogP contribution in [0, 0.1) is 5.92 Å². The fraction of sp³-hybridized carbons (Fsp3) is 0.481. The third kappa shape index (κ3) is 5.90. The van der Waals surface area contributed by atoms with Crippen LogP contribution in [0.4, 0.5) is 0 Å². The summed E-state index contributed by atoms with van der Waals surface area (Å²) in [5, 5.41) is 3.09. The van der Waals surface area contributed by atoms with Gasteiger partial charge >= 0.3 is 0 Å². The molecular formula is C27H37N3O2. The minimum Gasteiger partial charge on any atom is -0.493 e. The van der Waals surface area contributed by atoms with Crippen molar-refractivity contribution in [3.63, 3.8) is 0 Å². The van der Waals surface area contributed by atoms with Gasteiger partial charge < -0.3 is 14.6 Å². The number of fused-ring (bicyclic) bond motifs is 1. The highest BCUT2D eigenvalue weighted by molar-refractivity contribution is 5.78. The zero-order chi connectivity index (χ0) is 22.9. The van der Waals surface area contributed by atoms with Gasteiger partial charge in [-0.2, -0.15) is 0 Å². The van der Waals surface area contributed by atoms with E-state index < -0.39 is 0 Å². The predicted octanol–water partition coefficient (Wildman–Crippen LogP) is 5.72. The molecule has 0 atom stereocenters. The standard InChI is InChI=1S/C27H37N3O2/c1-5-21(6-2)27(31)28-17-16-26-29-23-13-8-9-14-24(23)30(26)18-11-19-32-25-15-10-7-12-22(25)20(3)4/h7-10,12-15,20-21H,5-6,11,16-19H2,1-4H3,(H,28,31). The number of carbonyl (C=O) groups excluding carboxylic acids is 1. The molecule has 1 aromatic heterocycles. The Kier molecular flexibility index (Phi) is 8.72. The predicted molar refractivity (Wildman–Crippen MR) is 131 cm³/mol. The summed E-state index contributed by atoms with van der Waals surface area (Å²) in [5.41, 5.74) is 3.38. The van der Waals surface area contributed by atoms with E-state index in [1.54, 1.807) is 0 Å². The van der Waals surface area contributed by atoms with Crippen LogP contribution in [0.15, 0.2) is 48.5 Å². The van der Waals surface area contributed by atoms with E-state index in [2.05, 4.69) is 67.9 Å². The van der Waals surface area contributed by atoms with Crippen molar-refractivity contribution in [1.29, 1.82) is 0 Å². The Balaban J connectivity index is 1.62. The minimum absolute atomic E-state index is 0.0969. The van der Waals surface area contributed by atoms with Crippen molar-refractivity contribution in [2.45, 2.75) is 65.8 Å². The Labute approximate surface area is 192 Å². The molecule has 0 spiro atoms. The molecule has 3 rings (SSSR count). The molecule has 0 fully saturated rings. The SMILES string of the molecule is CCC(CC)C(=O)NCCc1nc2ccccc2n1CCCOc1ccccc1C(C)C. The van der Waals surface area contributed by atoms with Gasteiger partial charge in [-0.3, -0.25) is 4.79 Å². The maximum absolute atomic E-state index is 12.3. The third-order valence-electron chi connectivity index (χ3n) is 6.06. The van der Waals surface area contributed by atoms with Gasteiger partial charge in [-0.15, -0.1) is 0 Å². The lowest BCUT2D eigenvalue weighted by Crippen LogP contribution is -2.32. The second-order valence-corrected chi connectivity index (χ2v) is 8.62. The van der Waals surface area contributed by atoms with E-state index in [0.717, 1.165) is 54.8 Å². The van der Waals surface area contributed by atoms with Gasteiger partial charge in [0.25, 0.3) is 0 Å². The molecule has 0 unspecified atom stereocenters. The fourth-order valence-electron chi connectivity index (χ4n) is 4.16. The van der Waals surface area contributed by atoms with Crippen molar-refractivity contribution >= 4 is 16.9 Å². The van der Waals surface area contributed by atoms with Crippen LogP contribution in [0.25, 0.3) is 11.0 Å². The highest BCUT2D eigenvalue weighted by Crippen LogP contribution is 2.26. The molecule has 0 aliphatic heterocycles. The van der Waals surface area contributed by atoms with Crippen LogP contribution in [0.5, 0.6) is 5.75 Å². The van der Waals surface area contributed by atoms with Gasteiger partial charge in [0.15, 0.2) is 0 Å². The molecule has 1 N–H and O–H groups in total. The van der Waals surface area contributed by atoms with Crippen LogP contribution >= 0.6 is 0 Å². The summed E-state index contributed by atoms with van der Waals surface area (Å²) in [4.78, 5) is 17.2. The number of rotatable bonds is 12. The smallest absolute Gasteiger partial charge is 0.223 e. The molecule has 32 heavy (non-hydrogen) atoms. The van der Waals surface area contributed by atoms with Gasteiger partial charge in [0.1, 0.15) is 11.6 Å². The van der Waals surface area contributed by atoms with E-state index >= 15 is 0 Å². The summed E-state index contributed by atoms with van der Waals surface area (Å²) in [7, 11) is 0. The van der Waals surface area contributed by atoms with E-state index in [1.165, 1.54) is 5.56 Å². The van der Waals surface area contributed by atoms with Crippen LogP contribution in [0.2, 0.25) is 0 Å². The number of aryl methyl sites for hydroxylation is 1. The molecule has 0 saturated carbocycles. The fourth-order valence-corrected chi connectivity index (χ4v) is 4.16. The van der Waals surface area contributed by atoms with E-state index in [0.29, 0.717) is 19.1 Å². The van der Waals surface area contributed by atoms with Crippen molar-refractivity contribution in [3.8, 4) is 5.75 Å². The molecule has 1 amide bonds. The number of amides is 1. The van der Waals surface area contributed by atoms with Crippen molar-refractivity contribution in [2.75, 3.05) is 13.2 Å². The quantitative estimate of drug-likeness (QED) is 0.370. The van der Waals surface area contributed by atoms with Crippen LogP contribution < -0.4 is 10.1 Å². The summed E-state index contributed by atoms with van der Waals surface area (Å²) in [6.07, 6.45) is 3.36. The normalized spacial score (nSPS) is 11.4.